The van der Waals surface area contributed by atoms with Crippen molar-refractivity contribution >= 4 is 5.97 Å². The molecule has 1 fully saturated rings. The highest BCUT2D eigenvalue weighted by atomic mass is 16.7. The van der Waals surface area contributed by atoms with E-state index in [0.717, 1.165) is 0 Å². The first-order valence-corrected chi connectivity index (χ1v) is 2.96. The molecule has 1 aliphatic heterocycles. The predicted molar refractivity (Wildman–Crippen MR) is 30.5 cm³/mol. The van der Waals surface area contributed by atoms with Gasteiger partial charge in [0.15, 0.2) is 12.4 Å². The summed E-state index contributed by atoms with van der Waals surface area (Å²) in [4.78, 5) is 10.2. The molecule has 0 saturated carbocycles. The minimum absolute atomic E-state index is 1.41. The van der Waals surface area contributed by atoms with E-state index < -0.39 is 30.6 Å². The van der Waals surface area contributed by atoms with Crippen LogP contribution in [0.5, 0.6) is 0 Å². The molecule has 0 aromatic rings. The molecule has 1 saturated heterocycles. The molecule has 0 aromatic carbocycles. The molecule has 64 valence electrons. The van der Waals surface area contributed by atoms with Gasteiger partial charge >= 0.3 is 5.97 Å². The lowest BCUT2D eigenvalue weighted by molar-refractivity contribution is -0.165. The van der Waals surface area contributed by atoms with Crippen molar-refractivity contribution < 1.29 is 30.0 Å². The van der Waals surface area contributed by atoms with Gasteiger partial charge < -0.3 is 25.2 Å². The van der Waals surface area contributed by atoms with Crippen LogP contribution in [0.2, 0.25) is 0 Å². The summed E-state index contributed by atoms with van der Waals surface area (Å²) < 4.78 is 4.30. The molecule has 11 heavy (non-hydrogen) atoms. The molecule has 0 aromatic heterocycles. The number of hydrogen-bond acceptors (Lipinski definition) is 5. The lowest BCUT2D eigenvalue weighted by Gasteiger charge is -2.08. The van der Waals surface area contributed by atoms with Gasteiger partial charge in [0.05, 0.1) is 0 Å². The molecular formula is C5H8O6. The number of carboxylic acid groups (broad SMARTS) is 1. The Kier molecular flexibility index (Phi) is 2.10. The second-order valence-electron chi connectivity index (χ2n) is 2.27. The highest BCUT2D eigenvalue weighted by Gasteiger charge is 2.45. The fourth-order valence-corrected chi connectivity index (χ4v) is 0.863. The SMILES string of the molecule is O=C(O)[C@H]1O[C@H](O)[C@@H](O)[C@H]1O. The molecule has 0 aliphatic carbocycles. The summed E-state index contributed by atoms with van der Waals surface area (Å²) in [5.41, 5.74) is 0. The zero-order valence-electron chi connectivity index (χ0n) is 5.41. The summed E-state index contributed by atoms with van der Waals surface area (Å²) in [5.74, 6) is -1.41. The number of hydrogen-bond donors (Lipinski definition) is 4. The van der Waals surface area contributed by atoms with Gasteiger partial charge in [0.25, 0.3) is 0 Å². The average Bonchev–Trinajstić information content (AvgIpc) is 2.17. The van der Waals surface area contributed by atoms with E-state index in [0.29, 0.717) is 0 Å². The van der Waals surface area contributed by atoms with Gasteiger partial charge in [-0.15, -0.1) is 0 Å². The van der Waals surface area contributed by atoms with Crippen LogP contribution in [0.3, 0.4) is 0 Å². The summed E-state index contributed by atoms with van der Waals surface area (Å²) in [6, 6.07) is 0. The smallest absolute Gasteiger partial charge is 0.335 e. The molecule has 1 rings (SSSR count). The minimum Gasteiger partial charge on any atom is -0.479 e. The Morgan fingerprint density at radius 2 is 1.73 bits per heavy atom. The fourth-order valence-electron chi connectivity index (χ4n) is 0.863. The number of aliphatic hydroxyl groups is 3. The second-order valence-corrected chi connectivity index (χ2v) is 2.27. The number of aliphatic carboxylic acids is 1. The summed E-state index contributed by atoms with van der Waals surface area (Å²) >= 11 is 0. The van der Waals surface area contributed by atoms with E-state index in [9.17, 15) is 4.79 Å². The van der Waals surface area contributed by atoms with Gasteiger partial charge in [-0.25, -0.2) is 4.79 Å². The number of carbonyl (C=O) groups is 1. The van der Waals surface area contributed by atoms with Gasteiger partial charge in [0, 0.05) is 0 Å². The molecule has 0 bridgehead atoms. The Morgan fingerprint density at radius 1 is 1.18 bits per heavy atom. The van der Waals surface area contributed by atoms with Crippen molar-refractivity contribution in [1.82, 2.24) is 0 Å². The highest BCUT2D eigenvalue weighted by molar-refractivity contribution is 5.73. The second kappa shape index (κ2) is 2.74. The summed E-state index contributed by atoms with van der Waals surface area (Å²) in [6.45, 7) is 0. The average molecular weight is 164 g/mol. The zero-order valence-corrected chi connectivity index (χ0v) is 5.41. The normalized spacial score (nSPS) is 44.3. The van der Waals surface area contributed by atoms with Gasteiger partial charge in [-0.3, -0.25) is 0 Å². The van der Waals surface area contributed by atoms with Crippen LogP contribution in [0.1, 0.15) is 0 Å². The zero-order chi connectivity index (χ0) is 8.59. The fraction of sp³-hybridized carbons (Fsp3) is 0.800. The number of carboxylic acids is 1. The third-order valence-electron chi connectivity index (χ3n) is 1.48. The maximum atomic E-state index is 10.2. The van der Waals surface area contributed by atoms with E-state index in [1.54, 1.807) is 0 Å². The maximum Gasteiger partial charge on any atom is 0.335 e. The Bertz CT molecular complexity index is 168. The van der Waals surface area contributed by atoms with Crippen molar-refractivity contribution in [2.45, 2.75) is 24.6 Å². The Morgan fingerprint density at radius 3 is 1.91 bits per heavy atom. The molecule has 6 heteroatoms. The number of rotatable bonds is 1. The number of ether oxygens (including phenoxy) is 1. The summed E-state index contributed by atoms with van der Waals surface area (Å²) in [6.07, 6.45) is -6.27. The van der Waals surface area contributed by atoms with E-state index >= 15 is 0 Å². The largest absolute Gasteiger partial charge is 0.479 e. The van der Waals surface area contributed by atoms with Crippen LogP contribution in [0.15, 0.2) is 0 Å². The van der Waals surface area contributed by atoms with Crippen molar-refractivity contribution in [2.75, 3.05) is 0 Å². The predicted octanol–water partition coefficient (Wildman–Crippen LogP) is -2.49. The lowest BCUT2D eigenvalue weighted by Crippen LogP contribution is -2.36. The van der Waals surface area contributed by atoms with E-state index in [1.807, 2.05) is 0 Å². The van der Waals surface area contributed by atoms with E-state index in [-0.39, 0.29) is 0 Å². The van der Waals surface area contributed by atoms with E-state index in [2.05, 4.69) is 4.74 Å². The summed E-state index contributed by atoms with van der Waals surface area (Å²) in [7, 11) is 0. The van der Waals surface area contributed by atoms with Crippen molar-refractivity contribution in [3.05, 3.63) is 0 Å². The van der Waals surface area contributed by atoms with Gasteiger partial charge in [-0.2, -0.15) is 0 Å². The molecule has 0 amide bonds. The van der Waals surface area contributed by atoms with Crippen LogP contribution in [0, 0.1) is 0 Å². The molecule has 1 heterocycles. The number of aliphatic hydroxyl groups excluding tert-OH is 3. The topological polar surface area (TPSA) is 107 Å². The summed E-state index contributed by atoms with van der Waals surface area (Å²) in [5, 5.41) is 34.7. The monoisotopic (exact) mass is 164 g/mol. The highest BCUT2D eigenvalue weighted by Crippen LogP contribution is 2.19. The molecule has 0 unspecified atom stereocenters. The maximum absolute atomic E-state index is 10.2. The van der Waals surface area contributed by atoms with Crippen LogP contribution in [0.25, 0.3) is 0 Å². The van der Waals surface area contributed by atoms with Crippen molar-refractivity contribution in [3.8, 4) is 0 Å². The molecule has 0 radical (unpaired) electrons. The van der Waals surface area contributed by atoms with Gasteiger partial charge in [-0.1, -0.05) is 0 Å². The van der Waals surface area contributed by atoms with Crippen LogP contribution < -0.4 is 0 Å². The van der Waals surface area contributed by atoms with Crippen molar-refractivity contribution in [2.24, 2.45) is 0 Å². The molecule has 4 N–H and O–H groups in total. The lowest BCUT2D eigenvalue weighted by atomic mass is 10.1. The molecule has 6 nitrogen and oxygen atoms in total. The first-order chi connectivity index (χ1) is 5.04. The Hall–Kier alpha value is -0.690. The quantitative estimate of drug-likeness (QED) is 0.341. The van der Waals surface area contributed by atoms with E-state index in [1.165, 1.54) is 0 Å². The molecule has 4 atom stereocenters. The van der Waals surface area contributed by atoms with Crippen molar-refractivity contribution in [3.63, 3.8) is 0 Å². The third-order valence-corrected chi connectivity index (χ3v) is 1.48. The van der Waals surface area contributed by atoms with Crippen LogP contribution in [0.4, 0.5) is 0 Å². The standard InChI is InChI=1S/C5H8O6/c6-1-2(7)5(10)11-3(1)4(8)9/h1-3,5-7,10H,(H,8,9)/t1-,2+,3+,5+/m1/s1. The molecule has 1 aliphatic rings. The Balaban J connectivity index is 2.67. The molecular weight excluding hydrogens is 156 g/mol. The van der Waals surface area contributed by atoms with Crippen LogP contribution in [-0.4, -0.2) is 51.0 Å². The first kappa shape index (κ1) is 8.41. The molecule has 0 spiro atoms. The van der Waals surface area contributed by atoms with Gasteiger partial charge in [0.2, 0.25) is 0 Å². The van der Waals surface area contributed by atoms with Crippen LogP contribution in [-0.2, 0) is 9.53 Å². The van der Waals surface area contributed by atoms with Crippen LogP contribution >= 0.6 is 0 Å². The minimum atomic E-state index is -1.62. The van der Waals surface area contributed by atoms with E-state index in [4.69, 9.17) is 20.4 Å². The van der Waals surface area contributed by atoms with Gasteiger partial charge in [-0.05, 0) is 0 Å². The van der Waals surface area contributed by atoms with Crippen molar-refractivity contribution in [1.29, 1.82) is 0 Å². The third kappa shape index (κ3) is 1.33. The Labute approximate surface area is 61.6 Å². The van der Waals surface area contributed by atoms with Gasteiger partial charge in [0.1, 0.15) is 12.2 Å². The first-order valence-electron chi connectivity index (χ1n) is 2.96.